The second-order valence-electron chi connectivity index (χ2n) is 8.45. The summed E-state index contributed by atoms with van der Waals surface area (Å²) in [6.45, 7) is 5.24. The Balaban J connectivity index is 1.92. The highest BCUT2D eigenvalue weighted by atomic mass is 16.3. The average molecular weight is 362 g/mol. The Kier molecular flexibility index (Phi) is 5.28. The van der Waals surface area contributed by atoms with Crippen molar-refractivity contribution < 1.29 is 25.2 Å². The van der Waals surface area contributed by atoms with Crippen LogP contribution < -0.4 is 0 Å². The fourth-order valence-electron chi connectivity index (χ4n) is 5.30. The molecule has 0 unspecified atom stereocenters. The zero-order valence-corrected chi connectivity index (χ0v) is 15.4. The van der Waals surface area contributed by atoms with Crippen LogP contribution in [0.3, 0.4) is 0 Å². The first kappa shape index (κ1) is 19.5. The molecule has 0 aromatic rings. The fourth-order valence-corrected chi connectivity index (χ4v) is 5.30. The van der Waals surface area contributed by atoms with Crippen molar-refractivity contribution in [3.63, 3.8) is 0 Å². The number of aliphatic hydroxyl groups is 4. The predicted octanol–water partition coefficient (Wildman–Crippen LogP) is 1.80. The van der Waals surface area contributed by atoms with Crippen LogP contribution in [-0.4, -0.2) is 50.6 Å². The quantitative estimate of drug-likeness (QED) is 0.614. The number of Topliss-reactive ketones (excluding diaryl/α,β-unsaturated/α-hetero) is 1. The van der Waals surface area contributed by atoms with E-state index in [4.69, 9.17) is 0 Å². The minimum absolute atomic E-state index is 0.00923. The van der Waals surface area contributed by atoms with Gasteiger partial charge in [0.05, 0.1) is 12.2 Å². The normalized spacial score (nSPS) is 43.7. The molecule has 0 saturated heterocycles. The Labute approximate surface area is 154 Å². The molecule has 0 radical (unpaired) electrons. The lowest BCUT2D eigenvalue weighted by Gasteiger charge is -2.47. The molecule has 5 heteroatoms. The largest absolute Gasteiger partial charge is 0.393 e. The number of carbonyl (C=O) groups excluding carboxylic acids is 1. The highest BCUT2D eigenvalue weighted by molar-refractivity contribution is 5.89. The SMILES string of the molecule is C=C1CC[C@H](O)C/C1=C/C=C1\C[C@@H](O)C[C@@]2(C)[C@H]1CC[C@]2(O)C(=O)CO. The zero-order valence-electron chi connectivity index (χ0n) is 15.4. The topological polar surface area (TPSA) is 98.0 Å². The number of fused-ring (bicyclic) bond motifs is 1. The van der Waals surface area contributed by atoms with Gasteiger partial charge in [-0.1, -0.05) is 36.8 Å². The first-order valence-corrected chi connectivity index (χ1v) is 9.51. The minimum Gasteiger partial charge on any atom is -0.393 e. The van der Waals surface area contributed by atoms with E-state index < -0.39 is 29.5 Å². The Morgan fingerprint density at radius 2 is 1.96 bits per heavy atom. The zero-order chi connectivity index (χ0) is 19.1. The molecule has 144 valence electrons. The van der Waals surface area contributed by atoms with Crippen LogP contribution in [0.1, 0.15) is 51.9 Å². The second kappa shape index (κ2) is 7.04. The summed E-state index contributed by atoms with van der Waals surface area (Å²) in [4.78, 5) is 12.2. The molecule has 0 bridgehead atoms. The van der Waals surface area contributed by atoms with E-state index in [9.17, 15) is 25.2 Å². The van der Waals surface area contributed by atoms with Crippen molar-refractivity contribution in [2.75, 3.05) is 6.61 Å². The minimum atomic E-state index is -1.59. The molecule has 3 rings (SSSR count). The summed E-state index contributed by atoms with van der Waals surface area (Å²) >= 11 is 0. The lowest BCUT2D eigenvalue weighted by Crippen LogP contribution is -2.55. The molecule has 26 heavy (non-hydrogen) atoms. The number of carbonyl (C=O) groups is 1. The smallest absolute Gasteiger partial charge is 0.190 e. The van der Waals surface area contributed by atoms with Crippen LogP contribution in [-0.2, 0) is 4.79 Å². The maximum atomic E-state index is 12.2. The Morgan fingerprint density at radius 1 is 1.23 bits per heavy atom. The van der Waals surface area contributed by atoms with Crippen LogP contribution in [0.5, 0.6) is 0 Å². The van der Waals surface area contributed by atoms with Crippen molar-refractivity contribution in [3.8, 4) is 0 Å². The molecule has 3 fully saturated rings. The van der Waals surface area contributed by atoms with Gasteiger partial charge in [0.15, 0.2) is 5.78 Å². The van der Waals surface area contributed by atoms with Gasteiger partial charge in [-0.05, 0) is 56.4 Å². The molecule has 0 aliphatic heterocycles. The van der Waals surface area contributed by atoms with E-state index in [1.807, 2.05) is 19.1 Å². The third-order valence-corrected chi connectivity index (χ3v) is 6.88. The van der Waals surface area contributed by atoms with Crippen molar-refractivity contribution >= 4 is 5.78 Å². The van der Waals surface area contributed by atoms with Gasteiger partial charge < -0.3 is 20.4 Å². The number of hydrogen-bond donors (Lipinski definition) is 4. The van der Waals surface area contributed by atoms with Crippen molar-refractivity contribution in [2.45, 2.75) is 69.7 Å². The lowest BCUT2D eigenvalue weighted by atomic mass is 9.60. The van der Waals surface area contributed by atoms with Crippen molar-refractivity contribution in [1.82, 2.24) is 0 Å². The summed E-state index contributed by atoms with van der Waals surface area (Å²) < 4.78 is 0. The van der Waals surface area contributed by atoms with Crippen LogP contribution in [0.25, 0.3) is 0 Å². The summed E-state index contributed by atoms with van der Waals surface area (Å²) in [6.07, 6.45) is 6.92. The van der Waals surface area contributed by atoms with Crippen LogP contribution in [0, 0.1) is 11.3 Å². The summed E-state index contributed by atoms with van der Waals surface area (Å²) in [7, 11) is 0. The van der Waals surface area contributed by atoms with Gasteiger partial charge in [-0.25, -0.2) is 0 Å². The number of aliphatic hydroxyl groups excluding tert-OH is 3. The molecule has 0 heterocycles. The molecule has 0 amide bonds. The van der Waals surface area contributed by atoms with Gasteiger partial charge in [-0.15, -0.1) is 0 Å². The molecule has 0 aromatic heterocycles. The summed E-state index contributed by atoms with van der Waals surface area (Å²) in [5.74, 6) is -0.567. The number of allylic oxidation sites excluding steroid dienone is 3. The van der Waals surface area contributed by atoms with Gasteiger partial charge in [-0.2, -0.15) is 0 Å². The van der Waals surface area contributed by atoms with E-state index in [-0.39, 0.29) is 12.0 Å². The van der Waals surface area contributed by atoms with Gasteiger partial charge in [0.25, 0.3) is 0 Å². The maximum Gasteiger partial charge on any atom is 0.190 e. The van der Waals surface area contributed by atoms with Crippen LogP contribution in [0.2, 0.25) is 0 Å². The van der Waals surface area contributed by atoms with Crippen molar-refractivity contribution in [1.29, 1.82) is 0 Å². The molecule has 3 saturated carbocycles. The first-order chi connectivity index (χ1) is 12.2. The van der Waals surface area contributed by atoms with E-state index >= 15 is 0 Å². The molecule has 0 spiro atoms. The maximum absolute atomic E-state index is 12.2. The van der Waals surface area contributed by atoms with E-state index in [1.165, 1.54) is 0 Å². The molecule has 5 nitrogen and oxygen atoms in total. The van der Waals surface area contributed by atoms with Crippen LogP contribution >= 0.6 is 0 Å². The fraction of sp³-hybridized carbons (Fsp3) is 0.667. The molecular weight excluding hydrogens is 332 g/mol. The Hall–Kier alpha value is -1.27. The standard InChI is InChI=1S/C21H30O5/c1-13-3-6-16(23)9-14(13)4-5-15-10-17(24)11-20(2)18(15)7-8-21(20,26)19(25)12-22/h4-5,16-18,22-24,26H,1,3,6-12H2,2H3/b14-4-,15-5+/t16-,17+,18-,20-,21-/m0/s1. The number of hydrogen-bond acceptors (Lipinski definition) is 5. The monoisotopic (exact) mass is 362 g/mol. The highest BCUT2D eigenvalue weighted by Crippen LogP contribution is 2.59. The lowest BCUT2D eigenvalue weighted by molar-refractivity contribution is -0.158. The third kappa shape index (κ3) is 3.11. The van der Waals surface area contributed by atoms with Gasteiger partial charge >= 0.3 is 0 Å². The predicted molar refractivity (Wildman–Crippen MR) is 98.3 cm³/mol. The van der Waals surface area contributed by atoms with Gasteiger partial charge in [0.1, 0.15) is 12.2 Å². The van der Waals surface area contributed by atoms with Crippen molar-refractivity contribution in [2.24, 2.45) is 11.3 Å². The second-order valence-corrected chi connectivity index (χ2v) is 8.45. The molecule has 5 atom stereocenters. The van der Waals surface area contributed by atoms with Gasteiger partial charge in [-0.3, -0.25) is 4.79 Å². The van der Waals surface area contributed by atoms with E-state index in [0.29, 0.717) is 32.1 Å². The van der Waals surface area contributed by atoms with Crippen LogP contribution in [0.15, 0.2) is 35.5 Å². The molecular formula is C21H30O5. The van der Waals surface area contributed by atoms with E-state index in [1.54, 1.807) is 0 Å². The first-order valence-electron chi connectivity index (χ1n) is 9.51. The highest BCUT2D eigenvalue weighted by Gasteiger charge is 2.62. The van der Waals surface area contributed by atoms with Crippen LogP contribution in [0.4, 0.5) is 0 Å². The summed E-state index contributed by atoms with van der Waals surface area (Å²) in [6, 6.07) is 0. The van der Waals surface area contributed by atoms with Gasteiger partial charge in [0.2, 0.25) is 0 Å². The van der Waals surface area contributed by atoms with E-state index in [2.05, 4.69) is 6.58 Å². The number of ketones is 1. The Morgan fingerprint density at radius 3 is 2.65 bits per heavy atom. The Bertz CT molecular complexity index is 663. The molecule has 3 aliphatic rings. The van der Waals surface area contributed by atoms with Gasteiger partial charge in [0, 0.05) is 5.41 Å². The van der Waals surface area contributed by atoms with Crippen molar-refractivity contribution in [3.05, 3.63) is 35.5 Å². The average Bonchev–Trinajstić information content (AvgIpc) is 2.86. The summed E-state index contributed by atoms with van der Waals surface area (Å²) in [5.41, 5.74) is 0.707. The molecule has 4 N–H and O–H groups in total. The summed E-state index contributed by atoms with van der Waals surface area (Å²) in [5, 5.41) is 40.6. The van der Waals surface area contributed by atoms with E-state index in [0.717, 1.165) is 29.6 Å². The third-order valence-electron chi connectivity index (χ3n) is 6.88. The number of rotatable bonds is 3. The molecule has 0 aromatic carbocycles. The molecule has 3 aliphatic carbocycles.